The number of carboxylic acid groups (broad SMARTS) is 2. The van der Waals surface area contributed by atoms with E-state index < -0.39 is 12.1 Å². The van der Waals surface area contributed by atoms with Crippen LogP contribution in [0, 0.1) is 0 Å². The van der Waals surface area contributed by atoms with Crippen LogP contribution in [0.5, 0.6) is 11.5 Å². The van der Waals surface area contributed by atoms with Crippen molar-refractivity contribution in [2.45, 2.75) is 13.5 Å². The average Bonchev–Trinajstić information content (AvgIpc) is 3.28. The van der Waals surface area contributed by atoms with Crippen LogP contribution in [0.1, 0.15) is 23.0 Å². The van der Waals surface area contributed by atoms with Gasteiger partial charge in [-0.3, -0.25) is 0 Å². The maximum absolute atomic E-state index is 11.5. The molecule has 0 radical (unpaired) electrons. The van der Waals surface area contributed by atoms with E-state index in [1.165, 1.54) is 12.1 Å². The highest BCUT2D eigenvalue weighted by molar-refractivity contribution is 6.02. The van der Waals surface area contributed by atoms with Crippen LogP contribution in [0.4, 0.5) is 4.79 Å². The van der Waals surface area contributed by atoms with E-state index >= 15 is 0 Å². The molecular formula is C21H17NO7. The summed E-state index contributed by atoms with van der Waals surface area (Å²) in [7, 11) is 0. The van der Waals surface area contributed by atoms with Crippen molar-refractivity contribution in [1.29, 1.82) is 0 Å². The number of hydrogen-bond donors (Lipinski definition) is 2. The third-order valence-electron chi connectivity index (χ3n) is 4.54. The minimum absolute atomic E-state index is 0.167. The number of furan rings is 1. The average molecular weight is 395 g/mol. The van der Waals surface area contributed by atoms with E-state index in [-0.39, 0.29) is 17.8 Å². The molecule has 8 heteroatoms. The van der Waals surface area contributed by atoms with Gasteiger partial charge in [-0.15, -0.1) is 0 Å². The molecule has 0 aliphatic carbocycles. The Balaban J connectivity index is 1.67. The Kier molecular flexibility index (Phi) is 4.59. The van der Waals surface area contributed by atoms with Crippen LogP contribution in [0.25, 0.3) is 21.9 Å². The van der Waals surface area contributed by atoms with Crippen LogP contribution < -0.4 is 9.47 Å². The van der Waals surface area contributed by atoms with Gasteiger partial charge in [0.2, 0.25) is 0 Å². The lowest BCUT2D eigenvalue weighted by molar-refractivity contribution is 0.0684. The van der Waals surface area contributed by atoms with Crippen LogP contribution in [-0.2, 0) is 6.61 Å². The number of carbonyl (C=O) groups is 2. The number of nitrogens with zero attached hydrogens (tertiary/aromatic N) is 1. The van der Waals surface area contributed by atoms with Gasteiger partial charge in [0.25, 0.3) is 0 Å². The van der Waals surface area contributed by atoms with E-state index in [2.05, 4.69) is 0 Å². The number of carboxylic acids is 1. The van der Waals surface area contributed by atoms with Gasteiger partial charge in [0.1, 0.15) is 29.4 Å². The van der Waals surface area contributed by atoms with E-state index in [1.807, 2.05) is 19.1 Å². The first-order valence-corrected chi connectivity index (χ1v) is 8.86. The van der Waals surface area contributed by atoms with Crippen LogP contribution >= 0.6 is 0 Å². The molecule has 2 N–H and O–H groups in total. The third-order valence-corrected chi connectivity index (χ3v) is 4.54. The molecule has 0 bridgehead atoms. The van der Waals surface area contributed by atoms with Crippen molar-refractivity contribution in [3.8, 4) is 11.5 Å². The van der Waals surface area contributed by atoms with Crippen molar-refractivity contribution in [2.75, 3.05) is 6.61 Å². The fourth-order valence-corrected chi connectivity index (χ4v) is 3.28. The molecule has 4 rings (SSSR count). The second-order valence-electron chi connectivity index (χ2n) is 6.28. The van der Waals surface area contributed by atoms with Crippen molar-refractivity contribution >= 4 is 33.9 Å². The zero-order valence-corrected chi connectivity index (χ0v) is 15.4. The first kappa shape index (κ1) is 18.4. The van der Waals surface area contributed by atoms with Gasteiger partial charge in [-0.05, 0) is 37.3 Å². The molecule has 0 saturated carbocycles. The lowest BCUT2D eigenvalue weighted by Crippen LogP contribution is -2.14. The van der Waals surface area contributed by atoms with Gasteiger partial charge in [-0.25, -0.2) is 14.2 Å². The smallest absolute Gasteiger partial charge is 0.416 e. The Morgan fingerprint density at radius 1 is 1.07 bits per heavy atom. The number of aromatic carboxylic acids is 1. The SMILES string of the molecule is CCOc1ccc2c(COc3cccc4c3cc(C(=O)O)n4C(=O)O)coc2c1. The molecule has 148 valence electrons. The van der Waals surface area contributed by atoms with E-state index in [4.69, 9.17) is 13.9 Å². The molecule has 0 aliphatic rings. The molecule has 8 nitrogen and oxygen atoms in total. The first-order chi connectivity index (χ1) is 14.0. The normalized spacial score (nSPS) is 11.1. The van der Waals surface area contributed by atoms with Gasteiger partial charge in [-0.1, -0.05) is 6.07 Å². The molecule has 0 amide bonds. The van der Waals surface area contributed by atoms with Gasteiger partial charge >= 0.3 is 12.1 Å². The number of benzene rings is 2. The maximum Gasteiger partial charge on any atom is 0.416 e. The molecule has 2 aromatic heterocycles. The molecule has 0 fully saturated rings. The summed E-state index contributed by atoms with van der Waals surface area (Å²) in [5.74, 6) is -0.242. The third kappa shape index (κ3) is 3.25. The quantitative estimate of drug-likeness (QED) is 0.491. The van der Waals surface area contributed by atoms with E-state index in [0.29, 0.717) is 29.1 Å². The summed E-state index contributed by atoms with van der Waals surface area (Å²) < 4.78 is 17.7. The summed E-state index contributed by atoms with van der Waals surface area (Å²) in [6, 6.07) is 11.6. The summed E-state index contributed by atoms with van der Waals surface area (Å²) in [6.07, 6.45) is 0.214. The molecule has 0 unspecified atom stereocenters. The lowest BCUT2D eigenvalue weighted by atomic mass is 10.2. The second-order valence-corrected chi connectivity index (χ2v) is 6.28. The lowest BCUT2D eigenvalue weighted by Gasteiger charge is -2.07. The predicted octanol–water partition coefficient (Wildman–Crippen LogP) is 4.59. The van der Waals surface area contributed by atoms with Gasteiger partial charge in [0.05, 0.1) is 18.4 Å². The molecule has 2 heterocycles. The molecule has 0 aliphatic heterocycles. The number of hydrogen-bond acceptors (Lipinski definition) is 5. The highest BCUT2D eigenvalue weighted by atomic mass is 16.5. The Bertz CT molecular complexity index is 1230. The maximum atomic E-state index is 11.5. The molecule has 0 atom stereocenters. The zero-order chi connectivity index (χ0) is 20.5. The largest absolute Gasteiger partial charge is 0.494 e. The molecule has 0 saturated heterocycles. The number of aromatic nitrogens is 1. The topological polar surface area (TPSA) is 111 Å². The Labute approximate surface area is 164 Å². The highest BCUT2D eigenvalue weighted by Gasteiger charge is 2.21. The van der Waals surface area contributed by atoms with Gasteiger partial charge in [0.15, 0.2) is 0 Å². The van der Waals surface area contributed by atoms with Crippen LogP contribution in [0.2, 0.25) is 0 Å². The van der Waals surface area contributed by atoms with Crippen molar-refractivity contribution in [1.82, 2.24) is 4.57 Å². The predicted molar refractivity (Wildman–Crippen MR) is 104 cm³/mol. The Morgan fingerprint density at radius 2 is 1.90 bits per heavy atom. The van der Waals surface area contributed by atoms with Crippen molar-refractivity contribution in [3.05, 3.63) is 60.0 Å². The number of fused-ring (bicyclic) bond motifs is 2. The van der Waals surface area contributed by atoms with E-state index in [9.17, 15) is 19.8 Å². The van der Waals surface area contributed by atoms with Crippen LogP contribution in [0.3, 0.4) is 0 Å². The second kappa shape index (κ2) is 7.23. The standard InChI is InChI=1S/C21H17NO7/c1-2-27-13-6-7-14-12(11-29-19(14)8-13)10-28-18-5-3-4-16-15(18)9-17(20(23)24)22(16)21(25)26/h3-9,11H,2,10H2,1H3,(H,23,24)(H,25,26). The summed E-state index contributed by atoms with van der Waals surface area (Å²) in [5.41, 5.74) is 1.36. The van der Waals surface area contributed by atoms with E-state index in [1.54, 1.807) is 24.5 Å². The van der Waals surface area contributed by atoms with Gasteiger partial charge in [-0.2, -0.15) is 0 Å². The molecule has 4 aromatic rings. The Hall–Kier alpha value is -3.94. The zero-order valence-electron chi connectivity index (χ0n) is 15.4. The Morgan fingerprint density at radius 3 is 2.62 bits per heavy atom. The van der Waals surface area contributed by atoms with Crippen molar-refractivity contribution in [3.63, 3.8) is 0 Å². The molecule has 2 aromatic carbocycles. The summed E-state index contributed by atoms with van der Waals surface area (Å²) in [4.78, 5) is 22.9. The van der Waals surface area contributed by atoms with Crippen molar-refractivity contribution in [2.24, 2.45) is 0 Å². The summed E-state index contributed by atoms with van der Waals surface area (Å²) >= 11 is 0. The first-order valence-electron chi connectivity index (χ1n) is 8.86. The highest BCUT2D eigenvalue weighted by Crippen LogP contribution is 2.31. The summed E-state index contributed by atoms with van der Waals surface area (Å²) in [5, 5.41) is 20.0. The fraction of sp³-hybridized carbons (Fsp3) is 0.143. The van der Waals surface area contributed by atoms with Gasteiger partial charge < -0.3 is 24.1 Å². The summed E-state index contributed by atoms with van der Waals surface area (Å²) in [6.45, 7) is 2.63. The monoisotopic (exact) mass is 395 g/mol. The minimum Gasteiger partial charge on any atom is -0.494 e. The van der Waals surface area contributed by atoms with E-state index in [0.717, 1.165) is 15.5 Å². The van der Waals surface area contributed by atoms with Gasteiger partial charge in [0, 0.05) is 22.4 Å². The molecule has 29 heavy (non-hydrogen) atoms. The number of rotatable bonds is 6. The molecular weight excluding hydrogens is 378 g/mol. The van der Waals surface area contributed by atoms with Crippen LogP contribution in [-0.4, -0.2) is 33.4 Å². The number of ether oxygens (including phenoxy) is 2. The van der Waals surface area contributed by atoms with Crippen LogP contribution in [0.15, 0.2) is 53.1 Å². The fourth-order valence-electron chi connectivity index (χ4n) is 3.28. The minimum atomic E-state index is -1.37. The van der Waals surface area contributed by atoms with Crippen molar-refractivity contribution < 1.29 is 33.7 Å². The molecule has 0 spiro atoms.